The fourth-order valence-corrected chi connectivity index (χ4v) is 3.11. The lowest BCUT2D eigenvalue weighted by atomic mass is 10.3. The van der Waals surface area contributed by atoms with E-state index in [1.807, 2.05) is 22.9 Å². The molecule has 1 N–H and O–H groups in total. The first kappa shape index (κ1) is 16.3. The third kappa shape index (κ3) is 3.18. The van der Waals surface area contributed by atoms with Crippen LogP contribution in [0.25, 0.3) is 11.3 Å². The van der Waals surface area contributed by atoms with Crippen molar-refractivity contribution in [1.29, 1.82) is 0 Å². The van der Waals surface area contributed by atoms with E-state index in [-0.39, 0.29) is 13.1 Å². The predicted molar refractivity (Wildman–Crippen MR) is 88.2 cm³/mol. The molecule has 0 saturated carbocycles. The molecule has 0 aliphatic carbocycles. The molecule has 0 aromatic carbocycles. The number of amides is 4. The van der Waals surface area contributed by atoms with Gasteiger partial charge in [-0.25, -0.2) is 4.79 Å². The fraction of sp³-hybridized carbons (Fsp3) is 0.312. The van der Waals surface area contributed by atoms with Crippen LogP contribution in [0, 0.1) is 0 Å². The molecule has 0 radical (unpaired) electrons. The average Bonchev–Trinajstić information content (AvgIpc) is 3.26. The maximum atomic E-state index is 12.1. The molecule has 1 aliphatic rings. The van der Waals surface area contributed by atoms with Crippen LogP contribution in [0.5, 0.6) is 0 Å². The molecular formula is C16H17N3O4S. The molecule has 8 heteroatoms. The van der Waals surface area contributed by atoms with E-state index in [0.29, 0.717) is 18.8 Å². The predicted octanol–water partition coefficient (Wildman–Crippen LogP) is 1.91. The minimum Gasteiger partial charge on any atom is -0.459 e. The lowest BCUT2D eigenvalue weighted by Gasteiger charge is -2.31. The summed E-state index contributed by atoms with van der Waals surface area (Å²) in [6, 6.07) is 4.97. The SMILES string of the molecule is CCN1CCN(C(=O)NCc2ccc(-c3ccsc3)o2)C(=O)C1=O. The second-order valence-electron chi connectivity index (χ2n) is 5.28. The van der Waals surface area contributed by atoms with E-state index in [4.69, 9.17) is 4.42 Å². The van der Waals surface area contributed by atoms with Crippen LogP contribution in [0.15, 0.2) is 33.4 Å². The Labute approximate surface area is 142 Å². The van der Waals surface area contributed by atoms with E-state index >= 15 is 0 Å². The number of imide groups is 1. The van der Waals surface area contributed by atoms with Gasteiger partial charge in [0.15, 0.2) is 0 Å². The summed E-state index contributed by atoms with van der Waals surface area (Å²) in [7, 11) is 0. The Morgan fingerprint density at radius 3 is 2.79 bits per heavy atom. The van der Waals surface area contributed by atoms with Crippen molar-refractivity contribution < 1.29 is 18.8 Å². The summed E-state index contributed by atoms with van der Waals surface area (Å²) < 4.78 is 5.66. The molecule has 126 valence electrons. The summed E-state index contributed by atoms with van der Waals surface area (Å²) in [4.78, 5) is 38.3. The van der Waals surface area contributed by atoms with Crippen molar-refractivity contribution >= 4 is 29.2 Å². The monoisotopic (exact) mass is 347 g/mol. The first-order chi connectivity index (χ1) is 11.6. The molecule has 0 unspecified atom stereocenters. The number of thiophene rings is 1. The molecule has 0 atom stereocenters. The van der Waals surface area contributed by atoms with Gasteiger partial charge in [-0.05, 0) is 30.5 Å². The number of hydrogen-bond acceptors (Lipinski definition) is 5. The number of nitrogens with zero attached hydrogens (tertiary/aromatic N) is 2. The van der Waals surface area contributed by atoms with E-state index < -0.39 is 17.8 Å². The van der Waals surface area contributed by atoms with E-state index in [1.54, 1.807) is 24.3 Å². The lowest BCUT2D eigenvalue weighted by molar-refractivity contribution is -0.153. The third-order valence-corrected chi connectivity index (χ3v) is 4.50. The summed E-state index contributed by atoms with van der Waals surface area (Å²) in [5.74, 6) is -0.130. The molecule has 1 saturated heterocycles. The van der Waals surface area contributed by atoms with E-state index in [0.717, 1.165) is 16.2 Å². The minimum absolute atomic E-state index is 0.151. The summed E-state index contributed by atoms with van der Waals surface area (Å²) in [6.07, 6.45) is 0. The topological polar surface area (TPSA) is 82.9 Å². The second-order valence-corrected chi connectivity index (χ2v) is 6.06. The number of urea groups is 1. The molecule has 2 aromatic heterocycles. The van der Waals surface area contributed by atoms with Crippen LogP contribution in [-0.4, -0.2) is 47.3 Å². The van der Waals surface area contributed by atoms with Gasteiger partial charge in [-0.2, -0.15) is 11.3 Å². The zero-order valence-corrected chi connectivity index (χ0v) is 14.0. The summed E-state index contributed by atoms with van der Waals surface area (Å²) >= 11 is 1.57. The Kier molecular flexibility index (Phi) is 4.66. The fourth-order valence-electron chi connectivity index (χ4n) is 2.46. The smallest absolute Gasteiger partial charge is 0.324 e. The summed E-state index contributed by atoms with van der Waals surface area (Å²) in [5, 5.41) is 6.54. The zero-order valence-electron chi connectivity index (χ0n) is 13.2. The number of piperazine rings is 1. The van der Waals surface area contributed by atoms with Crippen molar-refractivity contribution in [3.05, 3.63) is 34.7 Å². The van der Waals surface area contributed by atoms with E-state index in [1.165, 1.54) is 4.90 Å². The normalized spacial score (nSPS) is 15.0. The molecule has 0 spiro atoms. The number of carbonyl (C=O) groups is 3. The van der Waals surface area contributed by atoms with Crippen molar-refractivity contribution in [1.82, 2.24) is 15.1 Å². The van der Waals surface area contributed by atoms with Gasteiger partial charge in [0.2, 0.25) is 0 Å². The molecule has 1 aliphatic heterocycles. The van der Waals surface area contributed by atoms with Crippen LogP contribution >= 0.6 is 11.3 Å². The van der Waals surface area contributed by atoms with Gasteiger partial charge in [0.1, 0.15) is 11.5 Å². The molecule has 3 rings (SSSR count). The highest BCUT2D eigenvalue weighted by Crippen LogP contribution is 2.24. The maximum Gasteiger partial charge on any atom is 0.324 e. The standard InChI is InChI=1S/C16H17N3O4S/c1-2-18-6-7-19(15(21)14(18)20)16(22)17-9-12-3-4-13(23-12)11-5-8-24-10-11/h3-5,8,10H,2,6-7,9H2,1H3,(H,17,22). The van der Waals surface area contributed by atoms with Crippen molar-refractivity contribution in [2.75, 3.05) is 19.6 Å². The van der Waals surface area contributed by atoms with Crippen molar-refractivity contribution in [3.63, 3.8) is 0 Å². The van der Waals surface area contributed by atoms with Crippen molar-refractivity contribution in [3.8, 4) is 11.3 Å². The average molecular weight is 347 g/mol. The number of carbonyl (C=O) groups excluding carboxylic acids is 3. The Morgan fingerprint density at radius 1 is 1.25 bits per heavy atom. The number of rotatable bonds is 4. The highest BCUT2D eigenvalue weighted by atomic mass is 32.1. The summed E-state index contributed by atoms with van der Waals surface area (Å²) in [6.45, 7) is 2.96. The van der Waals surface area contributed by atoms with Crippen molar-refractivity contribution in [2.45, 2.75) is 13.5 Å². The van der Waals surface area contributed by atoms with Gasteiger partial charge < -0.3 is 14.6 Å². The van der Waals surface area contributed by atoms with Gasteiger partial charge >= 0.3 is 17.8 Å². The quantitative estimate of drug-likeness (QED) is 0.857. The maximum absolute atomic E-state index is 12.1. The van der Waals surface area contributed by atoms with Crippen LogP contribution in [0.2, 0.25) is 0 Å². The molecule has 7 nitrogen and oxygen atoms in total. The summed E-state index contributed by atoms with van der Waals surface area (Å²) in [5.41, 5.74) is 0.981. The van der Waals surface area contributed by atoms with Crippen LogP contribution in [0.3, 0.4) is 0 Å². The number of nitrogens with one attached hydrogen (secondary N) is 1. The molecule has 3 heterocycles. The third-order valence-electron chi connectivity index (χ3n) is 3.82. The first-order valence-electron chi connectivity index (χ1n) is 7.60. The zero-order chi connectivity index (χ0) is 17.1. The van der Waals surface area contributed by atoms with Crippen molar-refractivity contribution in [2.24, 2.45) is 0 Å². The molecule has 4 amide bonds. The Balaban J connectivity index is 1.58. The number of furan rings is 1. The molecule has 1 fully saturated rings. The van der Waals surface area contributed by atoms with Gasteiger partial charge in [-0.15, -0.1) is 0 Å². The highest BCUT2D eigenvalue weighted by molar-refractivity contribution is 7.08. The highest BCUT2D eigenvalue weighted by Gasteiger charge is 2.35. The molecule has 0 bridgehead atoms. The van der Waals surface area contributed by atoms with Gasteiger partial charge in [0.25, 0.3) is 0 Å². The van der Waals surface area contributed by atoms with Gasteiger partial charge in [0, 0.05) is 30.6 Å². The van der Waals surface area contributed by atoms with Crippen LogP contribution in [-0.2, 0) is 16.1 Å². The first-order valence-corrected chi connectivity index (χ1v) is 8.54. The minimum atomic E-state index is -0.793. The van der Waals surface area contributed by atoms with Crippen LogP contribution < -0.4 is 5.32 Å². The van der Waals surface area contributed by atoms with Gasteiger partial charge in [-0.3, -0.25) is 14.5 Å². The largest absolute Gasteiger partial charge is 0.459 e. The second kappa shape index (κ2) is 6.88. The van der Waals surface area contributed by atoms with Crippen LogP contribution in [0.1, 0.15) is 12.7 Å². The molecule has 2 aromatic rings. The van der Waals surface area contributed by atoms with E-state index in [2.05, 4.69) is 5.32 Å². The molecule has 24 heavy (non-hydrogen) atoms. The lowest BCUT2D eigenvalue weighted by Crippen LogP contribution is -2.58. The van der Waals surface area contributed by atoms with Crippen LogP contribution in [0.4, 0.5) is 4.79 Å². The Hall–Kier alpha value is -2.61. The Morgan fingerprint density at radius 2 is 2.08 bits per heavy atom. The van der Waals surface area contributed by atoms with E-state index in [9.17, 15) is 14.4 Å². The van der Waals surface area contributed by atoms with Gasteiger partial charge in [-0.1, -0.05) is 0 Å². The number of hydrogen-bond donors (Lipinski definition) is 1. The number of likely N-dealkylation sites (N-methyl/N-ethyl adjacent to an activating group) is 1. The van der Waals surface area contributed by atoms with Gasteiger partial charge in [0.05, 0.1) is 6.54 Å². The molecular weight excluding hydrogens is 330 g/mol. The Bertz CT molecular complexity index is 753.